The number of allylic oxidation sites excluding steroid dienone is 3. The first-order valence-corrected chi connectivity index (χ1v) is 14.5. The van der Waals surface area contributed by atoms with Gasteiger partial charge < -0.3 is 15.2 Å². The maximum atomic E-state index is 16.3. The summed E-state index contributed by atoms with van der Waals surface area (Å²) in [7, 11) is 1.74. The predicted molar refractivity (Wildman–Crippen MR) is 159 cm³/mol. The standard InChI is InChI=1S/C34H35FN4O4/c1-20-15-25(37-38(20)4)33(42)39-27-11-8-12-28(40)31(27)36-26-17-34(2,3)18-29(41)30(26)32(39)23-14-13-22(16-24(23)35)43-19-21-9-6-5-7-10-21/h5-7,9-11,13-16,32,36,40H,8,12,17-19H2,1-4H3. The zero-order valence-electron chi connectivity index (χ0n) is 24.8. The highest BCUT2D eigenvalue weighted by Gasteiger charge is 2.46. The van der Waals surface area contributed by atoms with Crippen LogP contribution in [0.25, 0.3) is 0 Å². The van der Waals surface area contributed by atoms with Gasteiger partial charge in [0.05, 0.1) is 11.7 Å². The van der Waals surface area contributed by atoms with Crippen molar-refractivity contribution >= 4 is 11.7 Å². The average molecular weight is 583 g/mol. The molecule has 0 radical (unpaired) electrons. The van der Waals surface area contributed by atoms with Gasteiger partial charge in [0.1, 0.15) is 29.6 Å². The van der Waals surface area contributed by atoms with E-state index in [1.165, 1.54) is 11.0 Å². The van der Waals surface area contributed by atoms with Crippen molar-refractivity contribution in [2.24, 2.45) is 12.5 Å². The summed E-state index contributed by atoms with van der Waals surface area (Å²) in [6.07, 6.45) is 3.43. The maximum Gasteiger partial charge on any atom is 0.279 e. The molecule has 0 saturated carbocycles. The van der Waals surface area contributed by atoms with E-state index in [-0.39, 0.29) is 41.2 Å². The molecular weight excluding hydrogens is 547 g/mol. The number of aromatic nitrogens is 2. The normalized spacial score (nSPS) is 19.7. The fourth-order valence-electron chi connectivity index (χ4n) is 6.13. The second-order valence-electron chi connectivity index (χ2n) is 12.2. The molecule has 1 amide bonds. The van der Waals surface area contributed by atoms with Gasteiger partial charge in [-0.3, -0.25) is 19.2 Å². The number of ketones is 1. The van der Waals surface area contributed by atoms with Crippen molar-refractivity contribution in [3.05, 3.63) is 117 Å². The minimum absolute atomic E-state index is 0.0842. The molecule has 2 heterocycles. The quantitative estimate of drug-likeness (QED) is 0.365. The van der Waals surface area contributed by atoms with E-state index in [1.807, 2.05) is 57.2 Å². The van der Waals surface area contributed by atoms with Crippen LogP contribution in [-0.4, -0.2) is 31.5 Å². The lowest BCUT2D eigenvalue weighted by Gasteiger charge is -2.37. The summed E-state index contributed by atoms with van der Waals surface area (Å²) >= 11 is 0. The summed E-state index contributed by atoms with van der Waals surface area (Å²) in [5.41, 5.74) is 3.30. The van der Waals surface area contributed by atoms with Crippen LogP contribution in [0, 0.1) is 18.2 Å². The van der Waals surface area contributed by atoms with Crippen LogP contribution in [0.15, 0.2) is 89.1 Å². The number of ether oxygens (including phenoxy) is 1. The Morgan fingerprint density at radius 2 is 1.93 bits per heavy atom. The summed E-state index contributed by atoms with van der Waals surface area (Å²) in [5.74, 6) is -0.870. The van der Waals surface area contributed by atoms with Gasteiger partial charge in [-0.05, 0) is 48.9 Å². The predicted octanol–water partition coefficient (Wildman–Crippen LogP) is 6.32. The first-order valence-electron chi connectivity index (χ1n) is 14.5. The van der Waals surface area contributed by atoms with Crippen LogP contribution in [0.5, 0.6) is 5.75 Å². The van der Waals surface area contributed by atoms with Crippen LogP contribution in [0.1, 0.15) is 72.9 Å². The lowest BCUT2D eigenvalue weighted by molar-refractivity contribution is -0.118. The molecule has 1 atom stereocenters. The van der Waals surface area contributed by atoms with Gasteiger partial charge in [-0.1, -0.05) is 50.3 Å². The molecule has 3 aliphatic rings. The Morgan fingerprint density at radius 3 is 2.63 bits per heavy atom. The van der Waals surface area contributed by atoms with Crippen molar-refractivity contribution < 1.29 is 23.8 Å². The molecule has 2 N–H and O–H groups in total. The fourth-order valence-corrected chi connectivity index (χ4v) is 6.13. The van der Waals surface area contributed by atoms with Gasteiger partial charge in [0.15, 0.2) is 11.5 Å². The highest BCUT2D eigenvalue weighted by atomic mass is 19.1. The largest absolute Gasteiger partial charge is 0.510 e. The number of aliphatic hydroxyl groups is 1. The second kappa shape index (κ2) is 10.9. The molecule has 2 aromatic carbocycles. The molecule has 2 aliphatic carbocycles. The Morgan fingerprint density at radius 1 is 1.16 bits per heavy atom. The lowest BCUT2D eigenvalue weighted by Crippen LogP contribution is -2.39. The molecule has 6 rings (SSSR count). The first kappa shape index (κ1) is 28.5. The summed E-state index contributed by atoms with van der Waals surface area (Å²) in [6.45, 7) is 6.10. The zero-order valence-corrected chi connectivity index (χ0v) is 24.8. The number of nitrogens with zero attached hydrogens (tertiary/aromatic N) is 3. The van der Waals surface area contributed by atoms with E-state index >= 15 is 4.39 Å². The summed E-state index contributed by atoms with van der Waals surface area (Å²) < 4.78 is 23.7. The van der Waals surface area contributed by atoms with Crippen molar-refractivity contribution in [2.45, 2.75) is 59.1 Å². The number of amides is 1. The Labute approximate surface area is 250 Å². The number of hydrogen-bond acceptors (Lipinski definition) is 6. The van der Waals surface area contributed by atoms with E-state index in [0.717, 1.165) is 11.3 Å². The third kappa shape index (κ3) is 5.35. The molecule has 0 saturated heterocycles. The van der Waals surface area contributed by atoms with Gasteiger partial charge in [-0.15, -0.1) is 0 Å². The molecule has 0 fully saturated rings. The van der Waals surface area contributed by atoms with Crippen LogP contribution in [0.4, 0.5) is 4.39 Å². The number of aliphatic hydroxyl groups excluding tert-OH is 1. The minimum Gasteiger partial charge on any atom is -0.510 e. The van der Waals surface area contributed by atoms with Crippen LogP contribution in [0.2, 0.25) is 0 Å². The number of benzene rings is 2. The zero-order chi connectivity index (χ0) is 30.5. The Bertz CT molecular complexity index is 1700. The third-order valence-electron chi connectivity index (χ3n) is 8.32. The summed E-state index contributed by atoms with van der Waals surface area (Å²) in [6, 6.07) is 14.7. The van der Waals surface area contributed by atoms with Crippen LogP contribution in [0.3, 0.4) is 0 Å². The Balaban J connectivity index is 1.51. The van der Waals surface area contributed by atoms with Gasteiger partial charge in [0.2, 0.25) is 0 Å². The number of halogens is 1. The number of carbonyl (C=O) groups is 2. The molecule has 1 aliphatic heterocycles. The second-order valence-corrected chi connectivity index (χ2v) is 12.2. The van der Waals surface area contributed by atoms with Gasteiger partial charge in [0, 0.05) is 48.5 Å². The highest BCUT2D eigenvalue weighted by molar-refractivity contribution is 6.02. The van der Waals surface area contributed by atoms with Crippen molar-refractivity contribution in [2.75, 3.05) is 0 Å². The number of hydrogen-bond donors (Lipinski definition) is 2. The fraction of sp³-hybridized carbons (Fsp3) is 0.324. The minimum atomic E-state index is -1.10. The molecule has 8 nitrogen and oxygen atoms in total. The van der Waals surface area contributed by atoms with E-state index in [9.17, 15) is 14.7 Å². The number of Topliss-reactive ketones (excluding diaryl/α,β-unsaturated/α-hetero) is 1. The Hall–Kier alpha value is -4.66. The number of aryl methyl sites for hydroxylation is 2. The average Bonchev–Trinajstić information content (AvgIpc) is 3.22. The summed E-state index contributed by atoms with van der Waals surface area (Å²) in [5, 5.41) is 18.8. The van der Waals surface area contributed by atoms with Crippen LogP contribution < -0.4 is 10.1 Å². The SMILES string of the molecule is Cc1cc(C(=O)N2C3=CCCC(O)=C3NC3=C(C(=O)CC(C)(C)C3)C2c2ccc(OCc3ccccc3)cc2F)nn1C. The number of carbonyl (C=O) groups excluding carboxylic acids is 2. The van der Waals surface area contributed by atoms with Gasteiger partial charge in [0.25, 0.3) is 5.91 Å². The molecule has 3 aromatic rings. The number of rotatable bonds is 5. The molecule has 1 unspecified atom stereocenters. The van der Waals surface area contributed by atoms with Gasteiger partial charge in [-0.2, -0.15) is 5.10 Å². The van der Waals surface area contributed by atoms with Crippen LogP contribution >= 0.6 is 0 Å². The lowest BCUT2D eigenvalue weighted by atomic mass is 9.73. The summed E-state index contributed by atoms with van der Waals surface area (Å²) in [4.78, 5) is 29.8. The molecule has 0 spiro atoms. The number of nitrogens with one attached hydrogen (secondary N) is 1. The highest BCUT2D eigenvalue weighted by Crippen LogP contribution is 2.48. The third-order valence-corrected chi connectivity index (χ3v) is 8.32. The van der Waals surface area contributed by atoms with Crippen molar-refractivity contribution in [3.63, 3.8) is 0 Å². The molecule has 222 valence electrons. The number of fused-ring (bicyclic) bond motifs is 1. The van der Waals surface area contributed by atoms with E-state index in [4.69, 9.17) is 4.74 Å². The van der Waals surface area contributed by atoms with Crippen molar-refractivity contribution in [3.8, 4) is 5.75 Å². The molecule has 1 aromatic heterocycles. The van der Waals surface area contributed by atoms with Gasteiger partial charge >= 0.3 is 0 Å². The van der Waals surface area contributed by atoms with E-state index in [1.54, 1.807) is 29.9 Å². The molecule has 0 bridgehead atoms. The van der Waals surface area contributed by atoms with E-state index < -0.39 is 17.8 Å². The molecule has 43 heavy (non-hydrogen) atoms. The smallest absolute Gasteiger partial charge is 0.279 e. The Kier molecular flexibility index (Phi) is 7.20. The van der Waals surface area contributed by atoms with Gasteiger partial charge in [-0.25, -0.2) is 4.39 Å². The van der Waals surface area contributed by atoms with Crippen molar-refractivity contribution in [1.29, 1.82) is 0 Å². The first-order chi connectivity index (χ1) is 20.5. The molecule has 9 heteroatoms. The van der Waals surface area contributed by atoms with Crippen LogP contribution in [-0.2, 0) is 18.4 Å². The topological polar surface area (TPSA) is 96.7 Å². The molecular formula is C34H35FN4O4. The maximum absolute atomic E-state index is 16.3. The van der Waals surface area contributed by atoms with Crippen molar-refractivity contribution in [1.82, 2.24) is 20.0 Å². The van der Waals surface area contributed by atoms with E-state index in [0.29, 0.717) is 47.7 Å². The monoisotopic (exact) mass is 582 g/mol. The van der Waals surface area contributed by atoms with E-state index in [2.05, 4.69) is 10.4 Å².